The molecule has 1 N–H and O–H groups in total. The quantitative estimate of drug-likeness (QED) is 0.580. The van der Waals surface area contributed by atoms with Crippen LogP contribution in [0.4, 0.5) is 5.82 Å². The van der Waals surface area contributed by atoms with E-state index in [4.69, 9.17) is 9.15 Å². The zero-order valence-corrected chi connectivity index (χ0v) is 16.1. The second-order valence-corrected chi connectivity index (χ2v) is 7.56. The molecule has 0 unspecified atom stereocenters. The summed E-state index contributed by atoms with van der Waals surface area (Å²) >= 11 is 0. The number of carbonyl (C=O) groups excluding carboxylic acids is 1. The van der Waals surface area contributed by atoms with E-state index in [1.165, 1.54) is 12.1 Å². The van der Waals surface area contributed by atoms with Crippen LogP contribution in [0.3, 0.4) is 0 Å². The molecule has 1 heterocycles. The Morgan fingerprint density at radius 3 is 2.36 bits per heavy atom. The number of nitrogens with one attached hydrogen (secondary N) is 1. The van der Waals surface area contributed by atoms with E-state index < -0.39 is 10.0 Å². The molecule has 146 valence electrons. The molecular formula is C20H20N2O5S. The number of benzene rings is 2. The third kappa shape index (κ3) is 4.77. The Hall–Kier alpha value is -3.13. The van der Waals surface area contributed by atoms with Crippen molar-refractivity contribution >= 4 is 21.8 Å². The number of ether oxygens (including phenoxy) is 1. The molecule has 0 bridgehead atoms. The SMILES string of the molecule is CCOC(=O)CCc1nc(NS(=O)(=O)c2ccccc2)c(-c2ccccc2)o1. The molecule has 0 saturated heterocycles. The van der Waals surface area contributed by atoms with Crippen LogP contribution in [0.2, 0.25) is 0 Å². The molecule has 3 rings (SSSR count). The molecule has 8 heteroatoms. The number of aryl methyl sites for hydroxylation is 1. The highest BCUT2D eigenvalue weighted by Gasteiger charge is 2.22. The molecule has 0 fully saturated rings. The maximum Gasteiger partial charge on any atom is 0.306 e. The van der Waals surface area contributed by atoms with Gasteiger partial charge in [0, 0.05) is 12.0 Å². The monoisotopic (exact) mass is 400 g/mol. The molecular weight excluding hydrogens is 380 g/mol. The summed E-state index contributed by atoms with van der Waals surface area (Å²) in [5, 5.41) is 0. The molecule has 0 atom stereocenters. The van der Waals surface area contributed by atoms with Gasteiger partial charge < -0.3 is 9.15 Å². The van der Waals surface area contributed by atoms with E-state index in [9.17, 15) is 13.2 Å². The normalized spacial score (nSPS) is 11.2. The van der Waals surface area contributed by atoms with Crippen molar-refractivity contribution in [2.45, 2.75) is 24.7 Å². The number of carbonyl (C=O) groups is 1. The number of hydrogen-bond acceptors (Lipinski definition) is 6. The van der Waals surface area contributed by atoms with Gasteiger partial charge in [-0.05, 0) is 19.1 Å². The summed E-state index contributed by atoms with van der Waals surface area (Å²) in [4.78, 5) is 16.0. The first-order chi connectivity index (χ1) is 13.5. The van der Waals surface area contributed by atoms with Crippen LogP contribution in [0.1, 0.15) is 19.2 Å². The number of rotatable bonds is 8. The average molecular weight is 400 g/mol. The number of hydrogen-bond donors (Lipinski definition) is 1. The van der Waals surface area contributed by atoms with E-state index in [2.05, 4.69) is 9.71 Å². The number of esters is 1. The van der Waals surface area contributed by atoms with Gasteiger partial charge in [0.2, 0.25) is 0 Å². The lowest BCUT2D eigenvalue weighted by molar-refractivity contribution is -0.143. The maximum atomic E-state index is 12.7. The van der Waals surface area contributed by atoms with Gasteiger partial charge in [0.25, 0.3) is 10.0 Å². The van der Waals surface area contributed by atoms with Gasteiger partial charge in [-0.15, -0.1) is 0 Å². The van der Waals surface area contributed by atoms with E-state index in [-0.39, 0.29) is 35.4 Å². The molecule has 0 aliphatic rings. The van der Waals surface area contributed by atoms with Crippen molar-refractivity contribution < 1.29 is 22.4 Å². The molecule has 1 aromatic heterocycles. The minimum Gasteiger partial charge on any atom is -0.466 e. The van der Waals surface area contributed by atoms with Crippen LogP contribution in [-0.4, -0.2) is 26.0 Å². The zero-order valence-electron chi connectivity index (χ0n) is 15.3. The fourth-order valence-corrected chi connectivity index (χ4v) is 3.58. The molecule has 28 heavy (non-hydrogen) atoms. The highest BCUT2D eigenvalue weighted by molar-refractivity contribution is 7.92. The van der Waals surface area contributed by atoms with Crippen LogP contribution in [-0.2, 0) is 26.0 Å². The molecule has 2 aromatic carbocycles. The van der Waals surface area contributed by atoms with Crippen LogP contribution < -0.4 is 4.72 Å². The summed E-state index contributed by atoms with van der Waals surface area (Å²) in [5.41, 5.74) is 0.670. The van der Waals surface area contributed by atoms with Crippen LogP contribution in [0.15, 0.2) is 70.0 Å². The second kappa shape index (κ2) is 8.71. The lowest BCUT2D eigenvalue weighted by Crippen LogP contribution is -2.13. The van der Waals surface area contributed by atoms with Crippen molar-refractivity contribution in [3.8, 4) is 11.3 Å². The van der Waals surface area contributed by atoms with E-state index in [0.29, 0.717) is 17.9 Å². The number of aromatic nitrogens is 1. The highest BCUT2D eigenvalue weighted by atomic mass is 32.2. The summed E-state index contributed by atoms with van der Waals surface area (Å²) in [6.45, 7) is 2.02. The number of sulfonamides is 1. The van der Waals surface area contributed by atoms with Crippen LogP contribution >= 0.6 is 0 Å². The standard InChI is InChI=1S/C20H20N2O5S/c1-2-26-18(23)14-13-17-21-20(19(27-17)15-9-5-3-6-10-15)22-28(24,25)16-11-7-4-8-12-16/h3-12,22H,2,13-14H2,1H3. The summed E-state index contributed by atoms with van der Waals surface area (Å²) in [6, 6.07) is 17.0. The van der Waals surface area contributed by atoms with Crippen LogP contribution in [0.25, 0.3) is 11.3 Å². The molecule has 7 nitrogen and oxygen atoms in total. The van der Waals surface area contributed by atoms with Crippen LogP contribution in [0, 0.1) is 0 Å². The Kier molecular flexibility index (Phi) is 6.10. The lowest BCUT2D eigenvalue weighted by atomic mass is 10.2. The van der Waals surface area contributed by atoms with Crippen molar-refractivity contribution in [1.82, 2.24) is 4.98 Å². The summed E-state index contributed by atoms with van der Waals surface area (Å²) < 4.78 is 38.5. The van der Waals surface area contributed by atoms with E-state index in [1.807, 2.05) is 18.2 Å². The first-order valence-electron chi connectivity index (χ1n) is 8.78. The van der Waals surface area contributed by atoms with Gasteiger partial charge in [0.05, 0.1) is 17.9 Å². The van der Waals surface area contributed by atoms with Gasteiger partial charge in [0.1, 0.15) is 0 Å². The largest absolute Gasteiger partial charge is 0.466 e. The third-order valence-corrected chi connectivity index (χ3v) is 5.20. The Balaban J connectivity index is 1.91. The molecule has 0 aliphatic carbocycles. The minimum atomic E-state index is -3.83. The third-order valence-electron chi connectivity index (χ3n) is 3.84. The Bertz CT molecular complexity index is 1030. The first kappa shape index (κ1) is 19.6. The average Bonchev–Trinajstić information content (AvgIpc) is 3.10. The fourth-order valence-electron chi connectivity index (χ4n) is 2.55. The smallest absolute Gasteiger partial charge is 0.306 e. The predicted octanol–water partition coefficient (Wildman–Crippen LogP) is 3.64. The van der Waals surface area contributed by atoms with E-state index in [1.54, 1.807) is 37.3 Å². The van der Waals surface area contributed by atoms with Gasteiger partial charge in [-0.1, -0.05) is 48.5 Å². The molecule has 3 aromatic rings. The maximum absolute atomic E-state index is 12.7. The van der Waals surface area contributed by atoms with Crippen molar-refractivity contribution in [2.24, 2.45) is 0 Å². The Labute approximate surface area is 163 Å². The van der Waals surface area contributed by atoms with Gasteiger partial charge in [-0.25, -0.2) is 8.42 Å². The number of oxazole rings is 1. The molecule has 0 amide bonds. The Morgan fingerprint density at radius 2 is 1.71 bits per heavy atom. The minimum absolute atomic E-state index is 0.0777. The number of nitrogens with zero attached hydrogens (tertiary/aromatic N) is 1. The van der Waals surface area contributed by atoms with Gasteiger partial charge in [-0.2, -0.15) is 4.98 Å². The molecule has 0 saturated carbocycles. The fraction of sp³-hybridized carbons (Fsp3) is 0.200. The molecule has 0 spiro atoms. The van der Waals surface area contributed by atoms with E-state index in [0.717, 1.165) is 0 Å². The summed E-state index contributed by atoms with van der Waals surface area (Å²) in [7, 11) is -3.83. The summed E-state index contributed by atoms with van der Waals surface area (Å²) in [5.74, 6) is 0.249. The van der Waals surface area contributed by atoms with Gasteiger partial charge >= 0.3 is 5.97 Å². The topological polar surface area (TPSA) is 98.5 Å². The molecule has 0 aliphatic heterocycles. The van der Waals surface area contributed by atoms with Crippen LogP contribution in [0.5, 0.6) is 0 Å². The Morgan fingerprint density at radius 1 is 1.07 bits per heavy atom. The highest BCUT2D eigenvalue weighted by Crippen LogP contribution is 2.31. The van der Waals surface area contributed by atoms with Gasteiger partial charge in [-0.3, -0.25) is 9.52 Å². The number of anilines is 1. The second-order valence-electron chi connectivity index (χ2n) is 5.87. The lowest BCUT2D eigenvalue weighted by Gasteiger charge is -2.06. The first-order valence-corrected chi connectivity index (χ1v) is 10.3. The van der Waals surface area contributed by atoms with Crippen molar-refractivity contribution in [2.75, 3.05) is 11.3 Å². The summed E-state index contributed by atoms with van der Waals surface area (Å²) in [6.07, 6.45) is 0.291. The van der Waals surface area contributed by atoms with E-state index >= 15 is 0 Å². The van der Waals surface area contributed by atoms with Crippen molar-refractivity contribution in [3.05, 3.63) is 66.6 Å². The van der Waals surface area contributed by atoms with Crippen molar-refractivity contribution in [3.63, 3.8) is 0 Å². The molecule has 0 radical (unpaired) electrons. The van der Waals surface area contributed by atoms with Gasteiger partial charge in [0.15, 0.2) is 17.5 Å². The van der Waals surface area contributed by atoms with Crippen molar-refractivity contribution in [1.29, 1.82) is 0 Å². The zero-order chi connectivity index (χ0) is 20.0. The predicted molar refractivity (Wildman–Crippen MR) is 104 cm³/mol.